The molecule has 1 fully saturated rings. The highest BCUT2D eigenvalue weighted by Crippen LogP contribution is 2.46. The zero-order valence-electron chi connectivity index (χ0n) is 10.7. The fourth-order valence-corrected chi connectivity index (χ4v) is 3.28. The molecular formula is C14H14N2O4. The number of anilines is 1. The van der Waals surface area contributed by atoms with Crippen LogP contribution < -0.4 is 14.8 Å². The van der Waals surface area contributed by atoms with Crippen molar-refractivity contribution >= 4 is 11.4 Å². The predicted molar refractivity (Wildman–Crippen MR) is 72.0 cm³/mol. The van der Waals surface area contributed by atoms with E-state index in [0.29, 0.717) is 29.0 Å². The van der Waals surface area contributed by atoms with Crippen molar-refractivity contribution in [1.29, 1.82) is 0 Å². The third kappa shape index (κ3) is 1.64. The van der Waals surface area contributed by atoms with Gasteiger partial charge in [0.2, 0.25) is 6.79 Å². The van der Waals surface area contributed by atoms with Crippen LogP contribution in [0.1, 0.15) is 12.8 Å². The van der Waals surface area contributed by atoms with Gasteiger partial charge in [0.25, 0.3) is 5.69 Å². The molecule has 3 atom stereocenters. The maximum Gasteiger partial charge on any atom is 0.296 e. The molecule has 2 aliphatic carbocycles. The Hall–Kier alpha value is -2.24. The number of allylic oxidation sites excluding steroid dienone is 1. The van der Waals surface area contributed by atoms with Crippen LogP contribution in [0.5, 0.6) is 11.5 Å². The van der Waals surface area contributed by atoms with Crippen molar-refractivity contribution in [3.8, 4) is 11.5 Å². The van der Waals surface area contributed by atoms with Gasteiger partial charge in [0, 0.05) is 18.0 Å². The lowest BCUT2D eigenvalue weighted by Gasteiger charge is -2.41. The Labute approximate surface area is 115 Å². The molecule has 3 aliphatic rings. The molecule has 1 aliphatic heterocycles. The van der Waals surface area contributed by atoms with E-state index in [1.807, 2.05) is 0 Å². The normalized spacial score (nSPS) is 28.9. The molecule has 0 saturated heterocycles. The molecule has 3 unspecified atom stereocenters. The Morgan fingerprint density at radius 2 is 2.10 bits per heavy atom. The first-order valence-corrected chi connectivity index (χ1v) is 6.73. The van der Waals surface area contributed by atoms with Crippen LogP contribution in [0.25, 0.3) is 0 Å². The van der Waals surface area contributed by atoms with E-state index in [9.17, 15) is 10.1 Å². The van der Waals surface area contributed by atoms with E-state index in [-0.39, 0.29) is 23.4 Å². The summed E-state index contributed by atoms with van der Waals surface area (Å²) in [6, 6.07) is 3.38. The van der Waals surface area contributed by atoms with E-state index >= 15 is 0 Å². The van der Waals surface area contributed by atoms with Gasteiger partial charge in [0.15, 0.2) is 11.5 Å². The maximum absolute atomic E-state index is 11.2. The molecule has 0 spiro atoms. The van der Waals surface area contributed by atoms with Gasteiger partial charge < -0.3 is 14.8 Å². The van der Waals surface area contributed by atoms with Gasteiger partial charge in [-0.3, -0.25) is 10.1 Å². The van der Waals surface area contributed by atoms with Crippen molar-refractivity contribution in [2.45, 2.75) is 18.9 Å². The summed E-state index contributed by atoms with van der Waals surface area (Å²) in [4.78, 5) is 10.8. The SMILES string of the molecule is O=[N+]([O-])c1cc2c(cc1NC1CC3CC=CC31)OCO2. The van der Waals surface area contributed by atoms with Gasteiger partial charge >= 0.3 is 0 Å². The number of nitro benzene ring substituents is 1. The molecule has 1 heterocycles. The van der Waals surface area contributed by atoms with Crippen LogP contribution in [0.4, 0.5) is 11.4 Å². The molecule has 104 valence electrons. The molecule has 4 rings (SSSR count). The summed E-state index contributed by atoms with van der Waals surface area (Å²) in [6.07, 6.45) is 6.60. The smallest absolute Gasteiger partial charge is 0.296 e. The molecular weight excluding hydrogens is 260 g/mol. The van der Waals surface area contributed by atoms with Crippen molar-refractivity contribution in [2.24, 2.45) is 11.8 Å². The number of benzene rings is 1. The van der Waals surface area contributed by atoms with Gasteiger partial charge in [-0.25, -0.2) is 0 Å². The largest absolute Gasteiger partial charge is 0.454 e. The predicted octanol–water partition coefficient (Wildman–Crippen LogP) is 2.70. The van der Waals surface area contributed by atoms with Gasteiger partial charge in [-0.05, 0) is 18.8 Å². The molecule has 20 heavy (non-hydrogen) atoms. The van der Waals surface area contributed by atoms with Gasteiger partial charge in [0.05, 0.1) is 11.0 Å². The van der Waals surface area contributed by atoms with Crippen LogP contribution in [-0.2, 0) is 0 Å². The van der Waals surface area contributed by atoms with Crippen molar-refractivity contribution in [1.82, 2.24) is 0 Å². The lowest BCUT2D eigenvalue weighted by molar-refractivity contribution is -0.384. The minimum absolute atomic E-state index is 0.0414. The Morgan fingerprint density at radius 1 is 1.30 bits per heavy atom. The van der Waals surface area contributed by atoms with Crippen molar-refractivity contribution < 1.29 is 14.4 Å². The second-order valence-electron chi connectivity index (χ2n) is 5.47. The number of hydrogen-bond acceptors (Lipinski definition) is 5. The fraction of sp³-hybridized carbons (Fsp3) is 0.429. The number of nitro groups is 1. The van der Waals surface area contributed by atoms with Crippen LogP contribution in [0.15, 0.2) is 24.3 Å². The van der Waals surface area contributed by atoms with E-state index in [2.05, 4.69) is 17.5 Å². The summed E-state index contributed by atoms with van der Waals surface area (Å²) < 4.78 is 10.5. The summed E-state index contributed by atoms with van der Waals surface area (Å²) in [5.41, 5.74) is 0.558. The molecule has 6 nitrogen and oxygen atoms in total. The molecule has 1 aromatic carbocycles. The van der Waals surface area contributed by atoms with E-state index in [4.69, 9.17) is 9.47 Å². The first kappa shape index (κ1) is 11.6. The monoisotopic (exact) mass is 274 g/mol. The van der Waals surface area contributed by atoms with Crippen molar-refractivity contribution in [3.05, 3.63) is 34.4 Å². The molecule has 1 N–H and O–H groups in total. The molecule has 1 aromatic rings. The van der Waals surface area contributed by atoms with Gasteiger partial charge in [0.1, 0.15) is 5.69 Å². The topological polar surface area (TPSA) is 73.6 Å². The molecule has 1 saturated carbocycles. The summed E-state index contributed by atoms with van der Waals surface area (Å²) in [5.74, 6) is 2.21. The average Bonchev–Trinajstić information content (AvgIpc) is 3.00. The minimum Gasteiger partial charge on any atom is -0.454 e. The van der Waals surface area contributed by atoms with Gasteiger partial charge in [-0.2, -0.15) is 0 Å². The van der Waals surface area contributed by atoms with E-state index in [0.717, 1.165) is 12.8 Å². The molecule has 0 amide bonds. The molecule has 6 heteroatoms. The summed E-state index contributed by atoms with van der Waals surface area (Å²) >= 11 is 0. The third-order valence-corrected chi connectivity index (χ3v) is 4.39. The van der Waals surface area contributed by atoms with E-state index < -0.39 is 0 Å². The zero-order valence-corrected chi connectivity index (χ0v) is 10.7. The van der Waals surface area contributed by atoms with Crippen molar-refractivity contribution in [3.63, 3.8) is 0 Å². The Kier molecular flexibility index (Phi) is 2.39. The summed E-state index contributed by atoms with van der Waals surface area (Å²) in [5, 5.41) is 14.5. The summed E-state index contributed by atoms with van der Waals surface area (Å²) in [6.45, 7) is 0.118. The zero-order chi connectivity index (χ0) is 13.7. The second-order valence-corrected chi connectivity index (χ2v) is 5.47. The van der Waals surface area contributed by atoms with Crippen LogP contribution in [-0.4, -0.2) is 17.8 Å². The number of ether oxygens (including phenoxy) is 2. The molecule has 0 bridgehead atoms. The quantitative estimate of drug-likeness (QED) is 0.521. The number of hydrogen-bond donors (Lipinski definition) is 1. The Bertz CT molecular complexity index is 613. The van der Waals surface area contributed by atoms with Crippen LogP contribution in [0.2, 0.25) is 0 Å². The number of fused-ring (bicyclic) bond motifs is 2. The highest BCUT2D eigenvalue weighted by atomic mass is 16.7. The van der Waals surface area contributed by atoms with Crippen LogP contribution in [0, 0.1) is 22.0 Å². The lowest BCUT2D eigenvalue weighted by atomic mass is 9.71. The summed E-state index contributed by atoms with van der Waals surface area (Å²) in [7, 11) is 0. The second kappa shape index (κ2) is 4.13. The number of nitrogens with one attached hydrogen (secondary N) is 1. The van der Waals surface area contributed by atoms with Gasteiger partial charge in [-0.1, -0.05) is 12.2 Å². The minimum atomic E-state index is -0.384. The number of nitrogens with zero attached hydrogens (tertiary/aromatic N) is 1. The highest BCUT2D eigenvalue weighted by Gasteiger charge is 2.41. The number of rotatable bonds is 3. The fourth-order valence-electron chi connectivity index (χ4n) is 3.28. The van der Waals surface area contributed by atoms with E-state index in [1.54, 1.807) is 6.07 Å². The third-order valence-electron chi connectivity index (χ3n) is 4.39. The Morgan fingerprint density at radius 3 is 2.85 bits per heavy atom. The molecule has 0 aromatic heterocycles. The average molecular weight is 274 g/mol. The van der Waals surface area contributed by atoms with Crippen LogP contribution in [0.3, 0.4) is 0 Å². The van der Waals surface area contributed by atoms with E-state index in [1.165, 1.54) is 6.07 Å². The highest BCUT2D eigenvalue weighted by molar-refractivity contribution is 5.69. The lowest BCUT2D eigenvalue weighted by Crippen LogP contribution is -2.43. The molecule has 0 radical (unpaired) electrons. The first-order valence-electron chi connectivity index (χ1n) is 6.73. The standard InChI is InChI=1S/C14H14N2O4/c17-16(18)12-6-14-13(19-7-20-14)5-11(12)15-10-4-8-2-1-3-9(8)10/h1,3,5-6,8-10,15H,2,4,7H2. The maximum atomic E-state index is 11.2. The first-order chi connectivity index (χ1) is 9.72. The van der Waals surface area contributed by atoms with Crippen LogP contribution >= 0.6 is 0 Å². The Balaban J connectivity index is 1.63. The van der Waals surface area contributed by atoms with Crippen molar-refractivity contribution in [2.75, 3.05) is 12.1 Å². The van der Waals surface area contributed by atoms with Gasteiger partial charge in [-0.15, -0.1) is 0 Å².